The van der Waals surface area contributed by atoms with Crippen LogP contribution < -0.4 is 0 Å². The third kappa shape index (κ3) is 4.84. The summed E-state index contributed by atoms with van der Waals surface area (Å²) >= 11 is 0. The molecule has 1 N–H and O–H groups in total. The summed E-state index contributed by atoms with van der Waals surface area (Å²) in [7, 11) is 0. The molecule has 0 amide bonds. The van der Waals surface area contributed by atoms with Gasteiger partial charge < -0.3 is 5.11 Å². The van der Waals surface area contributed by atoms with Crippen LogP contribution in [0.4, 0.5) is 8.78 Å². The summed E-state index contributed by atoms with van der Waals surface area (Å²) < 4.78 is 26.9. The number of benzene rings is 2. The fourth-order valence-corrected chi connectivity index (χ4v) is 3.42. The van der Waals surface area contributed by atoms with Crippen molar-refractivity contribution < 1.29 is 13.9 Å². The van der Waals surface area contributed by atoms with Crippen LogP contribution in [0.1, 0.15) is 17.5 Å². The molecule has 0 aromatic heterocycles. The van der Waals surface area contributed by atoms with Gasteiger partial charge in [-0.25, -0.2) is 8.78 Å². The second-order valence-electron chi connectivity index (χ2n) is 6.59. The Bertz CT molecular complexity index is 678. The van der Waals surface area contributed by atoms with Gasteiger partial charge >= 0.3 is 0 Å². The highest BCUT2D eigenvalue weighted by atomic mass is 19.1. The van der Waals surface area contributed by atoms with E-state index in [1.807, 2.05) is 12.1 Å². The summed E-state index contributed by atoms with van der Waals surface area (Å²) in [5, 5.41) is 9.40. The Kier molecular flexibility index (Phi) is 6.13. The second-order valence-corrected chi connectivity index (χ2v) is 6.59. The number of hydrogen-bond acceptors (Lipinski definition) is 3. The van der Waals surface area contributed by atoms with Crippen LogP contribution in [0.2, 0.25) is 0 Å². The third-order valence-corrected chi connectivity index (χ3v) is 4.80. The van der Waals surface area contributed by atoms with Crippen molar-refractivity contribution in [1.29, 1.82) is 0 Å². The van der Waals surface area contributed by atoms with Crippen molar-refractivity contribution in [1.82, 2.24) is 9.80 Å². The highest BCUT2D eigenvalue weighted by Gasteiger charge is 2.27. The summed E-state index contributed by atoms with van der Waals surface area (Å²) in [6.07, 6.45) is 0.676. The van der Waals surface area contributed by atoms with Crippen molar-refractivity contribution in [2.75, 3.05) is 26.2 Å². The number of aliphatic hydroxyl groups excluding tert-OH is 1. The summed E-state index contributed by atoms with van der Waals surface area (Å²) in [5.74, 6) is -0.402. The van der Waals surface area contributed by atoms with E-state index in [0.29, 0.717) is 18.5 Å². The maximum atomic E-state index is 13.9. The lowest BCUT2D eigenvalue weighted by Crippen LogP contribution is -2.52. The molecule has 1 fully saturated rings. The number of hydrogen-bond donors (Lipinski definition) is 1. The maximum absolute atomic E-state index is 13.9. The quantitative estimate of drug-likeness (QED) is 0.871. The van der Waals surface area contributed by atoms with Gasteiger partial charge in [-0.3, -0.25) is 9.80 Å². The molecule has 0 unspecified atom stereocenters. The van der Waals surface area contributed by atoms with Crippen molar-refractivity contribution in [3.8, 4) is 0 Å². The van der Waals surface area contributed by atoms with Crippen molar-refractivity contribution >= 4 is 0 Å². The standard InChI is InChI=1S/C20H24F2N2O/c21-18-7-5-16(6-8-18)13-24-11-10-23(15-19(24)9-12-25)14-17-3-1-2-4-20(17)22/h1-8,19,25H,9-15H2/t19-/m1/s1. The Balaban J connectivity index is 1.63. The predicted molar refractivity (Wildman–Crippen MR) is 94.0 cm³/mol. The van der Waals surface area contributed by atoms with Crippen LogP contribution in [-0.2, 0) is 13.1 Å². The molecule has 0 bridgehead atoms. The fraction of sp³-hybridized carbons (Fsp3) is 0.400. The van der Waals surface area contributed by atoms with Crippen LogP contribution in [0.15, 0.2) is 48.5 Å². The molecule has 2 aromatic carbocycles. The molecule has 3 nitrogen and oxygen atoms in total. The molecule has 1 atom stereocenters. The third-order valence-electron chi connectivity index (χ3n) is 4.80. The average Bonchev–Trinajstić information content (AvgIpc) is 2.61. The maximum Gasteiger partial charge on any atom is 0.127 e. The Labute approximate surface area is 147 Å². The van der Waals surface area contributed by atoms with Gasteiger partial charge in [-0.1, -0.05) is 30.3 Å². The molecular formula is C20H24F2N2O. The first-order valence-electron chi connectivity index (χ1n) is 8.71. The van der Waals surface area contributed by atoms with Gasteiger partial charge in [0.15, 0.2) is 0 Å². The molecule has 134 valence electrons. The van der Waals surface area contributed by atoms with E-state index in [-0.39, 0.29) is 24.3 Å². The lowest BCUT2D eigenvalue weighted by molar-refractivity contribution is 0.0495. The first-order valence-corrected chi connectivity index (χ1v) is 8.71. The molecule has 1 aliphatic heterocycles. The van der Waals surface area contributed by atoms with E-state index in [2.05, 4.69) is 9.80 Å². The topological polar surface area (TPSA) is 26.7 Å². The van der Waals surface area contributed by atoms with Crippen LogP contribution in [0.5, 0.6) is 0 Å². The largest absolute Gasteiger partial charge is 0.396 e. The summed E-state index contributed by atoms with van der Waals surface area (Å²) in [5.41, 5.74) is 1.77. The summed E-state index contributed by atoms with van der Waals surface area (Å²) in [6.45, 7) is 3.92. The van der Waals surface area contributed by atoms with E-state index in [9.17, 15) is 13.9 Å². The molecule has 5 heteroatoms. The van der Waals surface area contributed by atoms with Gasteiger partial charge in [-0.15, -0.1) is 0 Å². The van der Waals surface area contributed by atoms with Gasteiger partial charge in [0.25, 0.3) is 0 Å². The molecule has 0 saturated carbocycles. The van der Waals surface area contributed by atoms with E-state index in [0.717, 1.165) is 31.7 Å². The van der Waals surface area contributed by atoms with Crippen LogP contribution in [0, 0.1) is 11.6 Å². The Hall–Kier alpha value is -1.82. The number of piperazine rings is 1. The fourth-order valence-electron chi connectivity index (χ4n) is 3.42. The average molecular weight is 346 g/mol. The summed E-state index contributed by atoms with van der Waals surface area (Å²) in [6, 6.07) is 13.6. The molecule has 25 heavy (non-hydrogen) atoms. The van der Waals surface area contributed by atoms with Crippen molar-refractivity contribution in [2.45, 2.75) is 25.6 Å². The lowest BCUT2D eigenvalue weighted by atomic mass is 10.1. The van der Waals surface area contributed by atoms with Crippen molar-refractivity contribution in [3.63, 3.8) is 0 Å². The smallest absolute Gasteiger partial charge is 0.127 e. The minimum Gasteiger partial charge on any atom is -0.396 e. The second kappa shape index (κ2) is 8.52. The minimum absolute atomic E-state index is 0.123. The van der Waals surface area contributed by atoms with Gasteiger partial charge in [0.1, 0.15) is 11.6 Å². The predicted octanol–water partition coefficient (Wildman–Crippen LogP) is 3.03. The first-order chi connectivity index (χ1) is 12.2. The van der Waals surface area contributed by atoms with E-state index in [1.54, 1.807) is 18.2 Å². The van der Waals surface area contributed by atoms with E-state index in [4.69, 9.17) is 0 Å². The lowest BCUT2D eigenvalue weighted by Gasteiger charge is -2.41. The van der Waals surface area contributed by atoms with E-state index < -0.39 is 0 Å². The van der Waals surface area contributed by atoms with Gasteiger partial charge in [0.2, 0.25) is 0 Å². The first kappa shape index (κ1) is 18.0. The molecular weight excluding hydrogens is 322 g/mol. The SMILES string of the molecule is OCC[C@@H]1CN(Cc2ccccc2F)CCN1Cc1ccc(F)cc1. The molecule has 1 saturated heterocycles. The Morgan fingerprint density at radius 2 is 1.72 bits per heavy atom. The van der Waals surface area contributed by atoms with Gasteiger partial charge in [-0.05, 0) is 30.2 Å². The van der Waals surface area contributed by atoms with Crippen molar-refractivity contribution in [2.24, 2.45) is 0 Å². The zero-order chi connectivity index (χ0) is 17.6. The number of halogens is 2. The monoisotopic (exact) mass is 346 g/mol. The summed E-state index contributed by atoms with van der Waals surface area (Å²) in [4.78, 5) is 4.56. The number of nitrogens with zero attached hydrogens (tertiary/aromatic N) is 2. The highest BCUT2D eigenvalue weighted by molar-refractivity contribution is 5.18. The molecule has 1 heterocycles. The van der Waals surface area contributed by atoms with Crippen LogP contribution in [0.3, 0.4) is 0 Å². The van der Waals surface area contributed by atoms with E-state index >= 15 is 0 Å². The zero-order valence-corrected chi connectivity index (χ0v) is 14.2. The molecule has 0 aliphatic carbocycles. The molecule has 2 aromatic rings. The Morgan fingerprint density at radius 1 is 0.960 bits per heavy atom. The van der Waals surface area contributed by atoms with Crippen LogP contribution in [-0.4, -0.2) is 47.2 Å². The van der Waals surface area contributed by atoms with Gasteiger partial charge in [0, 0.05) is 50.9 Å². The van der Waals surface area contributed by atoms with Crippen molar-refractivity contribution in [3.05, 3.63) is 71.3 Å². The van der Waals surface area contributed by atoms with E-state index in [1.165, 1.54) is 18.2 Å². The molecule has 1 aliphatic rings. The number of aliphatic hydroxyl groups is 1. The van der Waals surface area contributed by atoms with Crippen LogP contribution in [0.25, 0.3) is 0 Å². The van der Waals surface area contributed by atoms with Gasteiger partial charge in [0.05, 0.1) is 0 Å². The molecule has 3 rings (SSSR count). The highest BCUT2D eigenvalue weighted by Crippen LogP contribution is 2.19. The zero-order valence-electron chi connectivity index (χ0n) is 14.2. The minimum atomic E-state index is -0.231. The normalized spacial score (nSPS) is 19.2. The molecule has 0 spiro atoms. The van der Waals surface area contributed by atoms with Crippen LogP contribution >= 0.6 is 0 Å². The van der Waals surface area contributed by atoms with Gasteiger partial charge in [-0.2, -0.15) is 0 Å². The number of rotatable bonds is 6. The molecule has 0 radical (unpaired) electrons. The Morgan fingerprint density at radius 3 is 2.44 bits per heavy atom.